The Hall–Kier alpha value is -2.11. The summed E-state index contributed by atoms with van der Waals surface area (Å²) in [5, 5.41) is 4.14. The van der Waals surface area contributed by atoms with Gasteiger partial charge in [0.1, 0.15) is 17.1 Å². The molecule has 1 atom stereocenters. The first-order chi connectivity index (χ1) is 9.66. The lowest BCUT2D eigenvalue weighted by Gasteiger charge is -2.22. The molecule has 0 aromatic carbocycles. The van der Waals surface area contributed by atoms with Crippen molar-refractivity contribution in [3.63, 3.8) is 0 Å². The first kappa shape index (κ1) is 12.9. The van der Waals surface area contributed by atoms with Crippen LogP contribution in [0, 0.1) is 0 Å². The standard InChI is InChI=1S/C14H18N4O2/c1-9(2)13-6-10(17-20-13)12-4-3-5-18(12)14(19)11-7-15-8-16-11/h6-9,12H,3-5H2,1-2H3,(H,15,16)/t12-/m0/s1. The Morgan fingerprint density at radius 2 is 2.40 bits per heavy atom. The third kappa shape index (κ3) is 2.21. The number of aromatic nitrogens is 3. The van der Waals surface area contributed by atoms with Crippen LogP contribution in [0.3, 0.4) is 0 Å². The van der Waals surface area contributed by atoms with Crippen LogP contribution in [0.15, 0.2) is 23.1 Å². The Kier molecular flexibility index (Phi) is 3.30. The van der Waals surface area contributed by atoms with Gasteiger partial charge in [-0.25, -0.2) is 4.98 Å². The monoisotopic (exact) mass is 274 g/mol. The van der Waals surface area contributed by atoms with Gasteiger partial charge in [0.2, 0.25) is 0 Å². The maximum Gasteiger partial charge on any atom is 0.272 e. The smallest absolute Gasteiger partial charge is 0.272 e. The van der Waals surface area contributed by atoms with Gasteiger partial charge in [0.15, 0.2) is 0 Å². The van der Waals surface area contributed by atoms with Crippen LogP contribution in [-0.4, -0.2) is 32.5 Å². The molecule has 0 saturated carbocycles. The summed E-state index contributed by atoms with van der Waals surface area (Å²) in [6.45, 7) is 4.87. The molecule has 0 unspecified atom stereocenters. The van der Waals surface area contributed by atoms with Gasteiger partial charge in [-0.2, -0.15) is 0 Å². The van der Waals surface area contributed by atoms with Crippen molar-refractivity contribution in [2.24, 2.45) is 0 Å². The molecule has 0 radical (unpaired) electrons. The highest BCUT2D eigenvalue weighted by atomic mass is 16.5. The van der Waals surface area contributed by atoms with Gasteiger partial charge in [-0.1, -0.05) is 19.0 Å². The molecule has 1 amide bonds. The summed E-state index contributed by atoms with van der Waals surface area (Å²) in [6.07, 6.45) is 4.98. The quantitative estimate of drug-likeness (QED) is 0.933. The number of carbonyl (C=O) groups excluding carboxylic acids is 1. The van der Waals surface area contributed by atoms with E-state index in [1.165, 1.54) is 6.33 Å². The zero-order chi connectivity index (χ0) is 14.1. The molecule has 1 saturated heterocycles. The third-order valence-corrected chi connectivity index (χ3v) is 3.70. The minimum absolute atomic E-state index is 0.00190. The molecule has 0 bridgehead atoms. The van der Waals surface area contributed by atoms with Gasteiger partial charge >= 0.3 is 0 Å². The normalized spacial score (nSPS) is 18.9. The number of aromatic amines is 1. The summed E-state index contributed by atoms with van der Waals surface area (Å²) in [6, 6.07) is 1.97. The topological polar surface area (TPSA) is 75.0 Å². The molecule has 2 aromatic heterocycles. The van der Waals surface area contributed by atoms with E-state index in [9.17, 15) is 4.79 Å². The van der Waals surface area contributed by atoms with Crippen LogP contribution in [0.5, 0.6) is 0 Å². The summed E-state index contributed by atoms with van der Waals surface area (Å²) in [7, 11) is 0. The maximum atomic E-state index is 12.4. The fraction of sp³-hybridized carbons (Fsp3) is 0.500. The van der Waals surface area contributed by atoms with E-state index in [-0.39, 0.29) is 11.9 Å². The highest BCUT2D eigenvalue weighted by molar-refractivity contribution is 5.92. The van der Waals surface area contributed by atoms with Gasteiger partial charge in [0, 0.05) is 18.5 Å². The molecule has 1 fully saturated rings. The molecular weight excluding hydrogens is 256 g/mol. The number of amides is 1. The van der Waals surface area contributed by atoms with Crippen LogP contribution in [0.4, 0.5) is 0 Å². The largest absolute Gasteiger partial charge is 0.361 e. The molecule has 1 aliphatic heterocycles. The number of carbonyl (C=O) groups is 1. The first-order valence-corrected chi connectivity index (χ1v) is 6.92. The van der Waals surface area contributed by atoms with E-state index in [1.54, 1.807) is 6.20 Å². The average molecular weight is 274 g/mol. The lowest BCUT2D eigenvalue weighted by atomic mass is 10.1. The van der Waals surface area contributed by atoms with Crippen LogP contribution in [0.1, 0.15) is 60.6 Å². The molecule has 0 aliphatic carbocycles. The molecule has 2 aromatic rings. The summed E-state index contributed by atoms with van der Waals surface area (Å²) in [5.74, 6) is 1.13. The molecule has 20 heavy (non-hydrogen) atoms. The minimum Gasteiger partial charge on any atom is -0.361 e. The zero-order valence-corrected chi connectivity index (χ0v) is 11.7. The Morgan fingerprint density at radius 3 is 3.05 bits per heavy atom. The number of H-pyrrole nitrogens is 1. The minimum atomic E-state index is -0.0286. The Bertz CT molecular complexity index is 588. The summed E-state index contributed by atoms with van der Waals surface area (Å²) >= 11 is 0. The summed E-state index contributed by atoms with van der Waals surface area (Å²) in [4.78, 5) is 21.0. The Morgan fingerprint density at radius 1 is 1.55 bits per heavy atom. The molecule has 6 heteroatoms. The van der Waals surface area contributed by atoms with Gasteiger partial charge in [0.05, 0.1) is 18.6 Å². The number of hydrogen-bond acceptors (Lipinski definition) is 4. The zero-order valence-electron chi connectivity index (χ0n) is 11.7. The number of rotatable bonds is 3. The third-order valence-electron chi connectivity index (χ3n) is 3.70. The second-order valence-electron chi connectivity index (χ2n) is 5.43. The number of likely N-dealkylation sites (tertiary alicyclic amines) is 1. The second kappa shape index (κ2) is 5.11. The van der Waals surface area contributed by atoms with Crippen molar-refractivity contribution in [3.8, 4) is 0 Å². The average Bonchev–Trinajstić information content (AvgIpc) is 3.17. The van der Waals surface area contributed by atoms with Crippen molar-refractivity contribution in [2.75, 3.05) is 6.54 Å². The van der Waals surface area contributed by atoms with E-state index in [4.69, 9.17) is 4.52 Å². The Labute approximate surface area is 117 Å². The molecule has 3 heterocycles. The van der Waals surface area contributed by atoms with E-state index in [0.29, 0.717) is 11.6 Å². The van der Waals surface area contributed by atoms with E-state index in [1.807, 2.05) is 11.0 Å². The van der Waals surface area contributed by atoms with Gasteiger partial charge < -0.3 is 14.4 Å². The van der Waals surface area contributed by atoms with Gasteiger partial charge in [-0.15, -0.1) is 0 Å². The summed E-state index contributed by atoms with van der Waals surface area (Å²) < 4.78 is 5.35. The van der Waals surface area contributed by atoms with Gasteiger partial charge in [0.25, 0.3) is 5.91 Å². The predicted molar refractivity (Wildman–Crippen MR) is 72.2 cm³/mol. The maximum absolute atomic E-state index is 12.4. The molecule has 0 spiro atoms. The number of nitrogens with zero attached hydrogens (tertiary/aromatic N) is 3. The lowest BCUT2D eigenvalue weighted by molar-refractivity contribution is 0.0725. The predicted octanol–water partition coefficient (Wildman–Crippen LogP) is 2.50. The Balaban J connectivity index is 1.83. The van der Waals surface area contributed by atoms with Crippen molar-refractivity contribution in [1.29, 1.82) is 0 Å². The van der Waals surface area contributed by atoms with Crippen molar-refractivity contribution in [2.45, 2.75) is 38.6 Å². The van der Waals surface area contributed by atoms with E-state index < -0.39 is 0 Å². The van der Waals surface area contributed by atoms with Crippen molar-refractivity contribution in [1.82, 2.24) is 20.0 Å². The van der Waals surface area contributed by atoms with Crippen molar-refractivity contribution in [3.05, 3.63) is 35.7 Å². The lowest BCUT2D eigenvalue weighted by Crippen LogP contribution is -2.30. The van der Waals surface area contributed by atoms with E-state index in [0.717, 1.165) is 30.8 Å². The highest BCUT2D eigenvalue weighted by Gasteiger charge is 2.33. The van der Waals surface area contributed by atoms with Crippen LogP contribution in [0.2, 0.25) is 0 Å². The number of imidazole rings is 1. The van der Waals surface area contributed by atoms with Crippen LogP contribution in [0.25, 0.3) is 0 Å². The fourth-order valence-electron chi connectivity index (χ4n) is 2.58. The van der Waals surface area contributed by atoms with Crippen molar-refractivity contribution < 1.29 is 9.32 Å². The fourth-order valence-corrected chi connectivity index (χ4v) is 2.58. The van der Waals surface area contributed by atoms with Crippen molar-refractivity contribution >= 4 is 5.91 Å². The molecule has 1 N–H and O–H groups in total. The van der Waals surface area contributed by atoms with Crippen LogP contribution < -0.4 is 0 Å². The SMILES string of the molecule is CC(C)c1cc([C@@H]2CCCN2C(=O)c2cnc[nH]2)no1. The highest BCUT2D eigenvalue weighted by Crippen LogP contribution is 2.33. The number of hydrogen-bond donors (Lipinski definition) is 1. The first-order valence-electron chi connectivity index (χ1n) is 6.92. The van der Waals surface area contributed by atoms with Crippen LogP contribution >= 0.6 is 0 Å². The molecule has 1 aliphatic rings. The van der Waals surface area contributed by atoms with Gasteiger partial charge in [-0.05, 0) is 12.8 Å². The molecule has 106 valence electrons. The molecule has 3 rings (SSSR count). The van der Waals surface area contributed by atoms with Crippen LogP contribution in [-0.2, 0) is 0 Å². The van der Waals surface area contributed by atoms with Gasteiger partial charge in [-0.3, -0.25) is 4.79 Å². The van der Waals surface area contributed by atoms with E-state index >= 15 is 0 Å². The number of nitrogens with one attached hydrogen (secondary N) is 1. The summed E-state index contributed by atoms with van der Waals surface area (Å²) in [5.41, 5.74) is 1.36. The second-order valence-corrected chi connectivity index (χ2v) is 5.43. The molecule has 6 nitrogen and oxygen atoms in total. The van der Waals surface area contributed by atoms with E-state index in [2.05, 4.69) is 29.0 Å². The molecular formula is C14H18N4O2.